The first-order valence-corrected chi connectivity index (χ1v) is 12.4. The summed E-state index contributed by atoms with van der Waals surface area (Å²) in [6.45, 7) is -1.30. The van der Waals surface area contributed by atoms with Crippen molar-refractivity contribution in [3.63, 3.8) is 0 Å². The lowest BCUT2D eigenvalue weighted by Gasteiger charge is -2.24. The average Bonchev–Trinajstić information content (AvgIpc) is 2.87. The molecule has 0 fully saturated rings. The number of aliphatic hydroxyl groups is 5. The second-order valence-corrected chi connectivity index (χ2v) is 10.0. The molecule has 0 aliphatic heterocycles. The standard InChI is InChI=1S/C24H26N2O8S/c27-12-17(28)21(29)22(30)23(31)24(32)25-10-11-26-35(33,34)18-9-7-15-5-4-13-2-1-3-14-6-8-16(18)20(15)19(13)14/h1-9,17,21-23,26-31H,10-12H2,(H,25,32)/t17-,21-,22+,23-/m1/s1. The third-order valence-electron chi connectivity index (χ3n) is 6.02. The van der Waals surface area contributed by atoms with Gasteiger partial charge in [0.25, 0.3) is 5.91 Å². The Morgan fingerprint density at radius 2 is 1.40 bits per heavy atom. The van der Waals surface area contributed by atoms with Crippen LogP contribution in [0.2, 0.25) is 0 Å². The Hall–Kier alpha value is -2.90. The Kier molecular flexibility index (Phi) is 7.20. The zero-order valence-corrected chi connectivity index (χ0v) is 19.3. The van der Waals surface area contributed by atoms with Crippen LogP contribution in [0.15, 0.2) is 59.5 Å². The van der Waals surface area contributed by atoms with Crippen LogP contribution < -0.4 is 10.0 Å². The van der Waals surface area contributed by atoms with Crippen LogP contribution in [0, 0.1) is 0 Å². The highest BCUT2D eigenvalue weighted by Gasteiger charge is 2.34. The van der Waals surface area contributed by atoms with Crippen LogP contribution >= 0.6 is 0 Å². The first-order chi connectivity index (χ1) is 16.7. The fourth-order valence-electron chi connectivity index (χ4n) is 4.17. The summed E-state index contributed by atoms with van der Waals surface area (Å²) < 4.78 is 28.5. The lowest BCUT2D eigenvalue weighted by molar-refractivity contribution is -0.148. The Balaban J connectivity index is 1.46. The highest BCUT2D eigenvalue weighted by molar-refractivity contribution is 7.89. The van der Waals surface area contributed by atoms with Gasteiger partial charge in [-0.3, -0.25) is 4.79 Å². The van der Waals surface area contributed by atoms with E-state index in [1.165, 1.54) is 6.07 Å². The molecule has 0 spiro atoms. The molecular weight excluding hydrogens is 476 g/mol. The van der Waals surface area contributed by atoms with Gasteiger partial charge in [0.15, 0.2) is 6.10 Å². The molecule has 10 nitrogen and oxygen atoms in total. The third-order valence-corrected chi connectivity index (χ3v) is 7.54. The molecule has 0 aromatic heterocycles. The summed E-state index contributed by atoms with van der Waals surface area (Å²) in [7, 11) is -3.96. The number of hydrogen-bond acceptors (Lipinski definition) is 8. The number of sulfonamides is 1. The van der Waals surface area contributed by atoms with E-state index >= 15 is 0 Å². The van der Waals surface area contributed by atoms with Gasteiger partial charge in [-0.05, 0) is 33.0 Å². The van der Waals surface area contributed by atoms with Gasteiger partial charge in [0, 0.05) is 18.5 Å². The second kappa shape index (κ2) is 9.99. The van der Waals surface area contributed by atoms with Crippen molar-refractivity contribution in [1.29, 1.82) is 0 Å². The average molecular weight is 503 g/mol. The maximum Gasteiger partial charge on any atom is 0.251 e. The van der Waals surface area contributed by atoms with Crippen molar-refractivity contribution < 1.29 is 38.7 Å². The van der Waals surface area contributed by atoms with Crippen LogP contribution in [0.25, 0.3) is 32.3 Å². The summed E-state index contributed by atoms with van der Waals surface area (Å²) in [5, 5.41) is 54.9. The molecule has 0 aliphatic rings. The van der Waals surface area contributed by atoms with Crippen LogP contribution in [0.5, 0.6) is 0 Å². The number of benzene rings is 4. The molecule has 0 saturated carbocycles. The first kappa shape index (κ1) is 25.2. The van der Waals surface area contributed by atoms with Crippen molar-refractivity contribution in [2.45, 2.75) is 29.3 Å². The number of aliphatic hydroxyl groups excluding tert-OH is 5. The van der Waals surface area contributed by atoms with E-state index in [2.05, 4.69) is 10.0 Å². The van der Waals surface area contributed by atoms with E-state index in [1.54, 1.807) is 12.1 Å². The van der Waals surface area contributed by atoms with Crippen molar-refractivity contribution in [3.05, 3.63) is 54.6 Å². The van der Waals surface area contributed by atoms with E-state index in [4.69, 9.17) is 5.11 Å². The summed E-state index contributed by atoms with van der Waals surface area (Å²) in [6.07, 6.45) is -7.84. The molecule has 4 aromatic carbocycles. The minimum absolute atomic E-state index is 0.0890. The maximum absolute atomic E-state index is 13.1. The molecule has 0 aliphatic carbocycles. The molecule has 4 aromatic rings. The number of carbonyl (C=O) groups excluding carboxylic acids is 1. The SMILES string of the molecule is O=C(NCCNS(=O)(=O)c1ccc2ccc3cccc4ccc1c2c34)[C@H](O)[C@@H](O)[C@H](O)[C@H](O)CO. The topological polar surface area (TPSA) is 176 Å². The van der Waals surface area contributed by atoms with Crippen LogP contribution in [-0.4, -0.2) is 84.0 Å². The highest BCUT2D eigenvalue weighted by atomic mass is 32.2. The van der Waals surface area contributed by atoms with Crippen molar-refractivity contribution in [1.82, 2.24) is 10.0 Å². The monoisotopic (exact) mass is 502 g/mol. The summed E-state index contributed by atoms with van der Waals surface area (Å²) in [5.74, 6) is -1.08. The summed E-state index contributed by atoms with van der Waals surface area (Å²) in [5.41, 5.74) is 0. The first-order valence-electron chi connectivity index (χ1n) is 10.9. The molecule has 1 amide bonds. The number of amides is 1. The van der Waals surface area contributed by atoms with Crippen LogP contribution in [0.4, 0.5) is 0 Å². The number of hydrogen-bond donors (Lipinski definition) is 7. The zero-order chi connectivity index (χ0) is 25.3. The Morgan fingerprint density at radius 3 is 2.06 bits per heavy atom. The predicted molar refractivity (Wildman–Crippen MR) is 129 cm³/mol. The largest absolute Gasteiger partial charge is 0.394 e. The molecule has 0 saturated heterocycles. The van der Waals surface area contributed by atoms with Gasteiger partial charge >= 0.3 is 0 Å². The Bertz CT molecular complexity index is 1440. The van der Waals surface area contributed by atoms with Gasteiger partial charge in [0.05, 0.1) is 11.5 Å². The maximum atomic E-state index is 13.1. The van der Waals surface area contributed by atoms with Gasteiger partial charge in [0.1, 0.15) is 18.3 Å². The minimum Gasteiger partial charge on any atom is -0.394 e. The minimum atomic E-state index is -3.96. The van der Waals surface area contributed by atoms with E-state index in [0.29, 0.717) is 5.39 Å². The third kappa shape index (κ3) is 4.80. The van der Waals surface area contributed by atoms with Gasteiger partial charge < -0.3 is 30.8 Å². The Morgan fingerprint density at radius 1 is 0.800 bits per heavy atom. The summed E-state index contributed by atoms with van der Waals surface area (Å²) >= 11 is 0. The number of carbonyl (C=O) groups is 1. The predicted octanol–water partition coefficient (Wildman–Crippen LogP) is -0.586. The second-order valence-electron chi connectivity index (χ2n) is 8.28. The van der Waals surface area contributed by atoms with Crippen molar-refractivity contribution >= 4 is 48.2 Å². The van der Waals surface area contributed by atoms with E-state index in [0.717, 1.165) is 26.9 Å². The lowest BCUT2D eigenvalue weighted by atomic mass is 9.94. The van der Waals surface area contributed by atoms with Crippen LogP contribution in [0.3, 0.4) is 0 Å². The molecule has 0 radical (unpaired) electrons. The van der Waals surface area contributed by atoms with Gasteiger partial charge in [-0.15, -0.1) is 0 Å². The van der Waals surface area contributed by atoms with E-state index in [9.17, 15) is 33.6 Å². The fraction of sp³-hybridized carbons (Fsp3) is 0.292. The van der Waals surface area contributed by atoms with E-state index < -0.39 is 47.0 Å². The van der Waals surface area contributed by atoms with Gasteiger partial charge in [0.2, 0.25) is 10.0 Å². The number of nitrogens with one attached hydrogen (secondary N) is 2. The molecule has 0 unspecified atom stereocenters. The molecule has 7 N–H and O–H groups in total. The van der Waals surface area contributed by atoms with E-state index in [-0.39, 0.29) is 18.0 Å². The summed E-state index contributed by atoms with van der Waals surface area (Å²) in [6, 6.07) is 16.7. The van der Waals surface area contributed by atoms with Crippen molar-refractivity contribution in [3.8, 4) is 0 Å². The van der Waals surface area contributed by atoms with Gasteiger partial charge in [-0.1, -0.05) is 48.5 Å². The molecule has 4 atom stereocenters. The highest BCUT2D eigenvalue weighted by Crippen LogP contribution is 2.37. The number of rotatable bonds is 10. The fourth-order valence-corrected chi connectivity index (χ4v) is 5.41. The van der Waals surface area contributed by atoms with Gasteiger partial charge in [-0.25, -0.2) is 13.1 Å². The lowest BCUT2D eigenvalue weighted by Crippen LogP contribution is -2.52. The molecule has 0 bridgehead atoms. The molecule has 11 heteroatoms. The van der Waals surface area contributed by atoms with Crippen molar-refractivity contribution in [2.24, 2.45) is 0 Å². The Labute approximate surface area is 200 Å². The van der Waals surface area contributed by atoms with Crippen LogP contribution in [0.1, 0.15) is 0 Å². The normalized spacial score (nSPS) is 15.9. The quantitative estimate of drug-likeness (QED) is 0.111. The molecule has 35 heavy (non-hydrogen) atoms. The molecule has 186 valence electrons. The van der Waals surface area contributed by atoms with Gasteiger partial charge in [-0.2, -0.15) is 0 Å². The molecule has 4 rings (SSSR count). The molecular formula is C24H26N2O8S. The zero-order valence-electron chi connectivity index (χ0n) is 18.5. The van der Waals surface area contributed by atoms with E-state index in [1.807, 2.05) is 36.4 Å². The van der Waals surface area contributed by atoms with Crippen molar-refractivity contribution in [2.75, 3.05) is 19.7 Å². The molecule has 0 heterocycles. The smallest absolute Gasteiger partial charge is 0.251 e. The van der Waals surface area contributed by atoms with Crippen LogP contribution in [-0.2, 0) is 14.8 Å². The summed E-state index contributed by atoms with van der Waals surface area (Å²) in [4.78, 5) is 12.1.